The molecule has 2 atom stereocenters. The van der Waals surface area contributed by atoms with E-state index < -0.39 is 0 Å². The molecular weight excluding hydrogens is 226 g/mol. The summed E-state index contributed by atoms with van der Waals surface area (Å²) in [4.78, 5) is 0. The lowest BCUT2D eigenvalue weighted by molar-refractivity contribution is -0.0976. The molecular formula is C15H23NO2. The van der Waals surface area contributed by atoms with Gasteiger partial charge in [0.2, 0.25) is 0 Å². The molecule has 100 valence electrons. The summed E-state index contributed by atoms with van der Waals surface area (Å²) in [5.41, 5.74) is 1.23. The molecule has 18 heavy (non-hydrogen) atoms. The van der Waals surface area contributed by atoms with Gasteiger partial charge in [0, 0.05) is 18.1 Å². The van der Waals surface area contributed by atoms with Gasteiger partial charge in [0.25, 0.3) is 0 Å². The van der Waals surface area contributed by atoms with Crippen LogP contribution in [0.4, 0.5) is 5.69 Å². The van der Waals surface area contributed by atoms with E-state index in [0.29, 0.717) is 12.1 Å². The van der Waals surface area contributed by atoms with E-state index >= 15 is 0 Å². The Balaban J connectivity index is 2.03. The monoisotopic (exact) mass is 249 g/mol. The van der Waals surface area contributed by atoms with Crippen LogP contribution >= 0.6 is 0 Å². The maximum Gasteiger partial charge on any atom is 0.141 e. The van der Waals surface area contributed by atoms with Crippen molar-refractivity contribution in [1.82, 2.24) is 0 Å². The van der Waals surface area contributed by atoms with Gasteiger partial charge in [-0.2, -0.15) is 0 Å². The van der Waals surface area contributed by atoms with Crippen molar-refractivity contribution in [3.8, 4) is 5.75 Å². The molecule has 0 aromatic heterocycles. The van der Waals surface area contributed by atoms with Gasteiger partial charge >= 0.3 is 0 Å². The number of ether oxygens (including phenoxy) is 2. The van der Waals surface area contributed by atoms with Crippen LogP contribution in [0.2, 0.25) is 0 Å². The lowest BCUT2D eigenvalue weighted by Gasteiger charge is -2.52. The predicted molar refractivity (Wildman–Crippen MR) is 74.2 cm³/mol. The Morgan fingerprint density at radius 3 is 2.67 bits per heavy atom. The lowest BCUT2D eigenvalue weighted by atomic mass is 9.64. The maximum absolute atomic E-state index is 5.75. The van der Waals surface area contributed by atoms with Crippen molar-refractivity contribution in [1.29, 1.82) is 0 Å². The normalized spacial score (nSPS) is 25.3. The number of hydrogen-bond acceptors (Lipinski definition) is 3. The average Bonchev–Trinajstić information content (AvgIpc) is 2.38. The molecule has 2 unspecified atom stereocenters. The summed E-state index contributed by atoms with van der Waals surface area (Å²) in [5, 5.41) is 3.57. The minimum Gasteiger partial charge on any atom is -0.495 e. The van der Waals surface area contributed by atoms with E-state index in [4.69, 9.17) is 9.47 Å². The van der Waals surface area contributed by atoms with Crippen LogP contribution in [0.3, 0.4) is 0 Å². The standard InChI is InChI=1S/C15H23NO2/c1-5-18-14-10-13(15(14,2)3)16-11-8-6-7-9-12(11)17-4/h6-9,13-14,16H,5,10H2,1-4H3. The molecule has 0 saturated heterocycles. The molecule has 1 fully saturated rings. The molecule has 2 rings (SSSR count). The molecule has 0 radical (unpaired) electrons. The number of benzene rings is 1. The highest BCUT2D eigenvalue weighted by molar-refractivity contribution is 5.57. The van der Waals surface area contributed by atoms with Crippen molar-refractivity contribution >= 4 is 5.69 Å². The first-order chi connectivity index (χ1) is 8.59. The second kappa shape index (κ2) is 5.19. The first-order valence-corrected chi connectivity index (χ1v) is 6.60. The molecule has 1 aromatic rings. The molecule has 0 amide bonds. The van der Waals surface area contributed by atoms with Gasteiger partial charge in [0.15, 0.2) is 0 Å². The van der Waals surface area contributed by atoms with Crippen molar-refractivity contribution in [3.05, 3.63) is 24.3 Å². The van der Waals surface area contributed by atoms with Gasteiger partial charge in [0.05, 0.1) is 18.9 Å². The first kappa shape index (κ1) is 13.2. The van der Waals surface area contributed by atoms with Crippen molar-refractivity contribution in [2.24, 2.45) is 5.41 Å². The Hall–Kier alpha value is -1.22. The minimum absolute atomic E-state index is 0.164. The van der Waals surface area contributed by atoms with E-state index in [9.17, 15) is 0 Å². The fourth-order valence-corrected chi connectivity index (χ4v) is 2.57. The molecule has 3 nitrogen and oxygen atoms in total. The Labute approximate surface area is 109 Å². The largest absolute Gasteiger partial charge is 0.495 e. The van der Waals surface area contributed by atoms with Crippen LogP contribution in [0, 0.1) is 5.41 Å². The van der Waals surface area contributed by atoms with Crippen molar-refractivity contribution in [3.63, 3.8) is 0 Å². The summed E-state index contributed by atoms with van der Waals surface area (Å²) in [6, 6.07) is 8.48. The van der Waals surface area contributed by atoms with Gasteiger partial charge in [-0.3, -0.25) is 0 Å². The second-order valence-electron chi connectivity index (χ2n) is 5.40. The van der Waals surface area contributed by atoms with Crippen LogP contribution in [0.15, 0.2) is 24.3 Å². The molecule has 1 saturated carbocycles. The smallest absolute Gasteiger partial charge is 0.141 e. The number of para-hydroxylation sites is 2. The van der Waals surface area contributed by atoms with Crippen molar-refractivity contribution in [2.75, 3.05) is 19.0 Å². The number of anilines is 1. The summed E-state index contributed by atoms with van der Waals surface area (Å²) in [7, 11) is 1.70. The van der Waals surface area contributed by atoms with Crippen LogP contribution in [-0.2, 0) is 4.74 Å². The molecule has 0 aliphatic heterocycles. The van der Waals surface area contributed by atoms with E-state index in [-0.39, 0.29) is 5.41 Å². The van der Waals surface area contributed by atoms with Gasteiger partial charge in [-0.25, -0.2) is 0 Å². The molecule has 1 aliphatic carbocycles. The molecule has 0 spiro atoms. The van der Waals surface area contributed by atoms with E-state index in [1.807, 2.05) is 18.2 Å². The Bertz CT molecular complexity index is 403. The average molecular weight is 249 g/mol. The SMILES string of the molecule is CCOC1CC(Nc2ccccc2OC)C1(C)C. The zero-order chi connectivity index (χ0) is 13.2. The van der Waals surface area contributed by atoms with Gasteiger partial charge in [-0.15, -0.1) is 0 Å². The van der Waals surface area contributed by atoms with Crippen LogP contribution in [-0.4, -0.2) is 25.9 Å². The molecule has 1 N–H and O–H groups in total. The lowest BCUT2D eigenvalue weighted by Crippen LogP contribution is -2.58. The van der Waals surface area contributed by atoms with Crippen molar-refractivity contribution < 1.29 is 9.47 Å². The quantitative estimate of drug-likeness (QED) is 0.868. The van der Waals surface area contributed by atoms with Gasteiger partial charge in [-0.05, 0) is 25.5 Å². The third kappa shape index (κ3) is 2.32. The molecule has 0 bridgehead atoms. The molecule has 0 heterocycles. The zero-order valence-electron chi connectivity index (χ0n) is 11.7. The number of rotatable bonds is 5. The fourth-order valence-electron chi connectivity index (χ4n) is 2.57. The van der Waals surface area contributed by atoms with Crippen LogP contribution < -0.4 is 10.1 Å². The highest BCUT2D eigenvalue weighted by Crippen LogP contribution is 2.45. The topological polar surface area (TPSA) is 30.5 Å². The second-order valence-corrected chi connectivity index (χ2v) is 5.40. The molecule has 1 aromatic carbocycles. The Morgan fingerprint density at radius 1 is 1.33 bits per heavy atom. The number of methoxy groups -OCH3 is 1. The number of nitrogens with one attached hydrogen (secondary N) is 1. The third-order valence-electron chi connectivity index (χ3n) is 3.98. The number of hydrogen-bond donors (Lipinski definition) is 1. The minimum atomic E-state index is 0.164. The highest BCUT2D eigenvalue weighted by Gasteiger charge is 2.49. The first-order valence-electron chi connectivity index (χ1n) is 6.60. The van der Waals surface area contributed by atoms with Crippen LogP contribution in [0.25, 0.3) is 0 Å². The predicted octanol–water partition coefficient (Wildman–Crippen LogP) is 3.31. The third-order valence-corrected chi connectivity index (χ3v) is 3.98. The van der Waals surface area contributed by atoms with E-state index in [1.165, 1.54) is 0 Å². The Kier molecular flexibility index (Phi) is 3.81. The van der Waals surface area contributed by atoms with Gasteiger partial charge in [0.1, 0.15) is 5.75 Å². The summed E-state index contributed by atoms with van der Waals surface area (Å²) in [5.74, 6) is 0.896. The molecule has 3 heteroatoms. The van der Waals surface area contributed by atoms with Crippen LogP contribution in [0.1, 0.15) is 27.2 Å². The van der Waals surface area contributed by atoms with E-state index in [0.717, 1.165) is 24.5 Å². The van der Waals surface area contributed by atoms with E-state index in [1.54, 1.807) is 7.11 Å². The van der Waals surface area contributed by atoms with Crippen molar-refractivity contribution in [2.45, 2.75) is 39.3 Å². The highest BCUT2D eigenvalue weighted by atomic mass is 16.5. The van der Waals surface area contributed by atoms with Gasteiger partial charge in [-0.1, -0.05) is 26.0 Å². The Morgan fingerprint density at radius 2 is 2.06 bits per heavy atom. The van der Waals surface area contributed by atoms with E-state index in [2.05, 4.69) is 32.2 Å². The summed E-state index contributed by atoms with van der Waals surface area (Å²) < 4.78 is 11.1. The summed E-state index contributed by atoms with van der Waals surface area (Å²) >= 11 is 0. The summed E-state index contributed by atoms with van der Waals surface area (Å²) in [6.45, 7) is 7.35. The maximum atomic E-state index is 5.75. The van der Waals surface area contributed by atoms with Crippen LogP contribution in [0.5, 0.6) is 5.75 Å². The zero-order valence-corrected chi connectivity index (χ0v) is 11.7. The summed E-state index contributed by atoms with van der Waals surface area (Å²) in [6.07, 6.45) is 1.41. The molecule has 1 aliphatic rings. The van der Waals surface area contributed by atoms with Gasteiger partial charge < -0.3 is 14.8 Å². The fraction of sp³-hybridized carbons (Fsp3) is 0.600.